The Morgan fingerprint density at radius 3 is 2.64 bits per heavy atom. The van der Waals surface area contributed by atoms with Gasteiger partial charge in [-0.15, -0.1) is 0 Å². The van der Waals surface area contributed by atoms with E-state index in [-0.39, 0.29) is 5.75 Å². The second kappa shape index (κ2) is 6.42. The summed E-state index contributed by atoms with van der Waals surface area (Å²) < 4.78 is 25.4. The summed E-state index contributed by atoms with van der Waals surface area (Å²) in [5.74, 6) is 0.0962. The molecule has 0 saturated carbocycles. The number of allylic oxidation sites excluding steroid dienone is 2. The molecule has 1 aliphatic carbocycles. The molecule has 2 rings (SSSR count). The van der Waals surface area contributed by atoms with E-state index in [0.29, 0.717) is 11.8 Å². The Labute approximate surface area is 133 Å². The van der Waals surface area contributed by atoms with E-state index in [2.05, 4.69) is 24.6 Å². The topological polar surface area (TPSA) is 72.2 Å². The van der Waals surface area contributed by atoms with Crippen molar-refractivity contribution in [1.29, 1.82) is 0 Å². The lowest BCUT2D eigenvalue weighted by Crippen LogP contribution is -2.23. The van der Waals surface area contributed by atoms with Crippen LogP contribution in [0.1, 0.15) is 44.2 Å². The van der Waals surface area contributed by atoms with Crippen LogP contribution in [-0.2, 0) is 16.4 Å². The molecule has 1 aromatic rings. The van der Waals surface area contributed by atoms with E-state index >= 15 is 0 Å². The molecule has 0 aliphatic heterocycles. The summed E-state index contributed by atoms with van der Waals surface area (Å²) in [6.07, 6.45) is 6.00. The number of hydrogen-bond acceptors (Lipinski definition) is 3. The van der Waals surface area contributed by atoms with E-state index in [9.17, 15) is 8.42 Å². The van der Waals surface area contributed by atoms with Crippen molar-refractivity contribution in [2.75, 3.05) is 18.5 Å². The zero-order valence-corrected chi connectivity index (χ0v) is 14.5. The van der Waals surface area contributed by atoms with Crippen LogP contribution >= 0.6 is 0 Å². The van der Waals surface area contributed by atoms with Gasteiger partial charge in [-0.3, -0.25) is 0 Å². The van der Waals surface area contributed by atoms with Crippen LogP contribution in [0, 0.1) is 5.41 Å². The van der Waals surface area contributed by atoms with Gasteiger partial charge in [-0.25, -0.2) is 13.1 Å². The number of nitrogens with two attached hydrogens (primary N) is 1. The van der Waals surface area contributed by atoms with E-state index in [0.717, 1.165) is 36.1 Å². The second-order valence-corrected chi connectivity index (χ2v) is 8.84. The Morgan fingerprint density at radius 1 is 1.32 bits per heavy atom. The average Bonchev–Trinajstić information content (AvgIpc) is 2.47. The van der Waals surface area contributed by atoms with Crippen molar-refractivity contribution in [1.82, 2.24) is 4.72 Å². The third kappa shape index (κ3) is 4.34. The van der Waals surface area contributed by atoms with Crippen LogP contribution in [0.25, 0.3) is 5.57 Å². The van der Waals surface area contributed by atoms with Crippen molar-refractivity contribution >= 4 is 21.3 Å². The van der Waals surface area contributed by atoms with Gasteiger partial charge < -0.3 is 5.73 Å². The minimum absolute atomic E-state index is 0.0962. The third-order valence-corrected chi connectivity index (χ3v) is 5.77. The van der Waals surface area contributed by atoms with E-state index in [1.165, 1.54) is 12.6 Å². The van der Waals surface area contributed by atoms with Crippen molar-refractivity contribution < 1.29 is 8.42 Å². The maximum atomic E-state index is 11.6. The Bertz CT molecular complexity index is 676. The van der Waals surface area contributed by atoms with Crippen molar-refractivity contribution in [2.24, 2.45) is 5.41 Å². The van der Waals surface area contributed by atoms with E-state index in [1.54, 1.807) is 0 Å². The smallest absolute Gasteiger partial charge is 0.211 e. The zero-order valence-electron chi connectivity index (χ0n) is 13.6. The lowest BCUT2D eigenvalue weighted by atomic mass is 9.76. The highest BCUT2D eigenvalue weighted by Crippen LogP contribution is 2.39. The second-order valence-electron chi connectivity index (χ2n) is 6.79. The largest absolute Gasteiger partial charge is 0.398 e. The van der Waals surface area contributed by atoms with Crippen LogP contribution in [0.15, 0.2) is 24.3 Å². The summed E-state index contributed by atoms with van der Waals surface area (Å²) in [4.78, 5) is 0. The number of rotatable bonds is 5. The van der Waals surface area contributed by atoms with Crippen LogP contribution in [-0.4, -0.2) is 21.2 Å². The summed E-state index contributed by atoms with van der Waals surface area (Å²) in [5, 5.41) is 0. The normalized spacial score (nSPS) is 18.0. The lowest BCUT2D eigenvalue weighted by Gasteiger charge is -2.29. The quantitative estimate of drug-likeness (QED) is 0.819. The van der Waals surface area contributed by atoms with Crippen LogP contribution in [0.2, 0.25) is 0 Å². The first-order valence-corrected chi connectivity index (χ1v) is 9.37. The van der Waals surface area contributed by atoms with Crippen molar-refractivity contribution in [2.45, 2.75) is 39.5 Å². The molecule has 4 nitrogen and oxygen atoms in total. The first-order chi connectivity index (χ1) is 10.2. The molecule has 1 aliphatic rings. The number of sulfonamides is 1. The maximum absolute atomic E-state index is 11.6. The number of benzene rings is 1. The number of hydrogen-bond donors (Lipinski definition) is 2. The number of nitrogen functional groups attached to an aromatic ring is 1. The Kier molecular flexibility index (Phi) is 4.97. The van der Waals surface area contributed by atoms with Gasteiger partial charge in [0.05, 0.1) is 5.75 Å². The molecule has 1 aromatic carbocycles. The predicted octanol–water partition coefficient (Wildman–Crippen LogP) is 2.95. The molecule has 0 radical (unpaired) electrons. The highest BCUT2D eigenvalue weighted by Gasteiger charge is 2.22. The summed E-state index contributed by atoms with van der Waals surface area (Å²) in [7, 11) is -1.73. The van der Waals surface area contributed by atoms with Gasteiger partial charge in [0.25, 0.3) is 0 Å². The standard InChI is InChI=1S/C17H26N2O2S/c1-17(2)9-6-14(7-10-17)15-12-13(4-5-16(15)18)8-11-22(20,21)19-3/h4-6,12,19H,7-11,18H2,1-3H3. The molecule has 0 bridgehead atoms. The molecule has 0 aromatic heterocycles. The van der Waals surface area contributed by atoms with Gasteiger partial charge in [-0.1, -0.05) is 26.0 Å². The fourth-order valence-corrected chi connectivity index (χ4v) is 3.42. The average molecular weight is 322 g/mol. The van der Waals surface area contributed by atoms with E-state index in [4.69, 9.17) is 5.73 Å². The minimum atomic E-state index is -3.18. The molecule has 0 unspecified atom stereocenters. The first kappa shape index (κ1) is 17.0. The van der Waals surface area contributed by atoms with Gasteiger partial charge in [0.15, 0.2) is 0 Å². The van der Waals surface area contributed by atoms with Crippen LogP contribution in [0.5, 0.6) is 0 Å². The molecular weight excluding hydrogens is 296 g/mol. The number of anilines is 1. The Balaban J connectivity index is 2.19. The monoisotopic (exact) mass is 322 g/mol. The molecule has 122 valence electrons. The molecule has 22 heavy (non-hydrogen) atoms. The molecule has 0 amide bonds. The van der Waals surface area contributed by atoms with Crippen LogP contribution < -0.4 is 10.5 Å². The number of nitrogens with one attached hydrogen (secondary N) is 1. The minimum Gasteiger partial charge on any atom is -0.398 e. The van der Waals surface area contributed by atoms with Gasteiger partial charge in [0, 0.05) is 11.3 Å². The summed E-state index contributed by atoms with van der Waals surface area (Å²) in [6, 6.07) is 5.85. The molecule has 0 heterocycles. The van der Waals surface area contributed by atoms with Crippen molar-refractivity contribution in [3.8, 4) is 0 Å². The van der Waals surface area contributed by atoms with Crippen LogP contribution in [0.4, 0.5) is 5.69 Å². The van der Waals surface area contributed by atoms with Crippen LogP contribution in [0.3, 0.4) is 0 Å². The van der Waals surface area contributed by atoms with E-state index < -0.39 is 10.0 Å². The van der Waals surface area contributed by atoms with Gasteiger partial charge in [0.1, 0.15) is 0 Å². The fourth-order valence-electron chi connectivity index (χ4n) is 2.71. The predicted molar refractivity (Wildman–Crippen MR) is 93.0 cm³/mol. The number of aryl methyl sites for hydroxylation is 1. The summed E-state index contributed by atoms with van der Waals surface area (Å²) in [6.45, 7) is 4.56. The first-order valence-electron chi connectivity index (χ1n) is 7.71. The highest BCUT2D eigenvalue weighted by atomic mass is 32.2. The molecule has 0 atom stereocenters. The molecule has 0 saturated heterocycles. The van der Waals surface area contributed by atoms with Crippen molar-refractivity contribution in [3.63, 3.8) is 0 Å². The van der Waals surface area contributed by atoms with Gasteiger partial charge >= 0.3 is 0 Å². The molecule has 0 fully saturated rings. The molecule has 5 heteroatoms. The maximum Gasteiger partial charge on any atom is 0.211 e. The van der Waals surface area contributed by atoms with Gasteiger partial charge in [-0.2, -0.15) is 0 Å². The molecular formula is C17H26N2O2S. The molecule has 0 spiro atoms. The van der Waals surface area contributed by atoms with Gasteiger partial charge in [0.2, 0.25) is 10.0 Å². The lowest BCUT2D eigenvalue weighted by molar-refractivity contribution is 0.335. The summed E-state index contributed by atoms with van der Waals surface area (Å²) in [5.41, 5.74) is 10.6. The SMILES string of the molecule is CNS(=O)(=O)CCc1ccc(N)c(C2=CCC(C)(C)CC2)c1. The highest BCUT2D eigenvalue weighted by molar-refractivity contribution is 7.89. The molecule has 3 N–H and O–H groups in total. The Morgan fingerprint density at radius 2 is 2.05 bits per heavy atom. The zero-order chi connectivity index (χ0) is 16.4. The summed E-state index contributed by atoms with van der Waals surface area (Å²) >= 11 is 0. The van der Waals surface area contributed by atoms with Gasteiger partial charge in [-0.05, 0) is 61.4 Å². The Hall–Kier alpha value is -1.33. The fraction of sp³-hybridized carbons (Fsp3) is 0.529. The van der Waals surface area contributed by atoms with Crippen molar-refractivity contribution in [3.05, 3.63) is 35.4 Å². The third-order valence-electron chi connectivity index (χ3n) is 4.41. The van der Waals surface area contributed by atoms with E-state index in [1.807, 2.05) is 18.2 Å².